The van der Waals surface area contributed by atoms with Crippen LogP contribution in [0.15, 0.2) is 30.3 Å². The highest BCUT2D eigenvalue weighted by Gasteiger charge is 2.35. The van der Waals surface area contributed by atoms with Gasteiger partial charge in [-0.3, -0.25) is 0 Å². The summed E-state index contributed by atoms with van der Waals surface area (Å²) in [5.41, 5.74) is 3.51. The summed E-state index contributed by atoms with van der Waals surface area (Å²) in [6.07, 6.45) is 3.33. The molecule has 1 nitrogen and oxygen atoms in total. The van der Waals surface area contributed by atoms with Crippen LogP contribution in [0, 0.1) is 17.6 Å². The third-order valence-corrected chi connectivity index (χ3v) is 6.68. The molecule has 0 spiro atoms. The monoisotopic (exact) mass is 436 g/mol. The van der Waals surface area contributed by atoms with Crippen LogP contribution in [-0.4, -0.2) is 6.36 Å². The second kappa shape index (κ2) is 8.64. The standard InChI is InChI=1S/C25H25F5O/c1-2-15-3-5-16(6-4-15)17-7-9-18(10-8-17)19-11-12-21-20(13-19)14-22(26)24(23(21)27)31-25(28,29)30/h7-10,13-16H,2-6,11-12H2,1H3. The van der Waals surface area contributed by atoms with Crippen LogP contribution in [0.1, 0.15) is 73.6 Å². The van der Waals surface area contributed by atoms with Crippen LogP contribution in [0.4, 0.5) is 22.0 Å². The highest BCUT2D eigenvalue weighted by Crippen LogP contribution is 2.40. The first-order valence-corrected chi connectivity index (χ1v) is 10.8. The molecule has 31 heavy (non-hydrogen) atoms. The zero-order valence-electron chi connectivity index (χ0n) is 17.4. The second-order valence-electron chi connectivity index (χ2n) is 8.53. The average molecular weight is 436 g/mol. The van der Waals surface area contributed by atoms with Gasteiger partial charge in [0.2, 0.25) is 5.75 Å². The predicted molar refractivity (Wildman–Crippen MR) is 111 cm³/mol. The molecule has 0 unspecified atom stereocenters. The minimum absolute atomic E-state index is 0.0497. The molecule has 2 aromatic carbocycles. The van der Waals surface area contributed by atoms with Crippen molar-refractivity contribution in [2.24, 2.45) is 5.92 Å². The second-order valence-corrected chi connectivity index (χ2v) is 8.53. The number of halogens is 5. The van der Waals surface area contributed by atoms with Gasteiger partial charge < -0.3 is 4.74 Å². The quantitative estimate of drug-likeness (QED) is 0.441. The molecule has 2 aromatic rings. The van der Waals surface area contributed by atoms with E-state index in [0.29, 0.717) is 12.3 Å². The van der Waals surface area contributed by atoms with E-state index in [0.717, 1.165) is 23.1 Å². The third-order valence-electron chi connectivity index (χ3n) is 6.68. The van der Waals surface area contributed by atoms with Gasteiger partial charge in [0, 0.05) is 0 Å². The molecular weight excluding hydrogens is 411 g/mol. The molecule has 1 fully saturated rings. The Labute approximate surface area is 178 Å². The summed E-state index contributed by atoms with van der Waals surface area (Å²) >= 11 is 0. The van der Waals surface area contributed by atoms with Crippen LogP contribution in [0.2, 0.25) is 0 Å². The Kier molecular flexibility index (Phi) is 6.09. The molecule has 0 amide bonds. The Balaban J connectivity index is 1.55. The zero-order chi connectivity index (χ0) is 22.2. The molecule has 0 bridgehead atoms. The lowest BCUT2D eigenvalue weighted by molar-refractivity contribution is -0.276. The van der Waals surface area contributed by atoms with E-state index in [2.05, 4.69) is 23.8 Å². The fourth-order valence-electron chi connectivity index (χ4n) is 4.87. The van der Waals surface area contributed by atoms with E-state index in [1.54, 1.807) is 6.08 Å². The van der Waals surface area contributed by atoms with Crippen molar-refractivity contribution in [3.8, 4) is 5.75 Å². The van der Waals surface area contributed by atoms with Crippen molar-refractivity contribution in [1.29, 1.82) is 0 Å². The maximum atomic E-state index is 14.5. The average Bonchev–Trinajstić information content (AvgIpc) is 2.76. The molecule has 6 heteroatoms. The van der Waals surface area contributed by atoms with Gasteiger partial charge in [0.15, 0.2) is 11.6 Å². The smallest absolute Gasteiger partial charge is 0.399 e. The number of allylic oxidation sites excluding steroid dienone is 1. The Morgan fingerprint density at radius 1 is 0.968 bits per heavy atom. The first-order valence-electron chi connectivity index (χ1n) is 10.8. The lowest BCUT2D eigenvalue weighted by Gasteiger charge is -2.28. The number of benzene rings is 2. The highest BCUT2D eigenvalue weighted by molar-refractivity contribution is 5.84. The van der Waals surface area contributed by atoms with Gasteiger partial charge in [0.25, 0.3) is 0 Å². The number of rotatable bonds is 4. The Bertz CT molecular complexity index is 967. The van der Waals surface area contributed by atoms with Gasteiger partial charge in [-0.05, 0) is 84.3 Å². The number of ether oxygens (including phenoxy) is 1. The third kappa shape index (κ3) is 4.78. The van der Waals surface area contributed by atoms with Crippen molar-refractivity contribution in [3.63, 3.8) is 0 Å². The van der Waals surface area contributed by atoms with E-state index in [4.69, 9.17) is 0 Å². The number of hydrogen-bond acceptors (Lipinski definition) is 1. The fraction of sp³-hybridized carbons (Fsp3) is 0.440. The molecule has 2 aliphatic carbocycles. The van der Waals surface area contributed by atoms with Crippen molar-refractivity contribution in [2.75, 3.05) is 0 Å². The van der Waals surface area contributed by atoms with E-state index < -0.39 is 23.7 Å². The molecule has 0 aliphatic heterocycles. The molecule has 4 rings (SSSR count). The van der Waals surface area contributed by atoms with E-state index >= 15 is 0 Å². The van der Waals surface area contributed by atoms with E-state index in [9.17, 15) is 22.0 Å². The van der Waals surface area contributed by atoms with Crippen LogP contribution < -0.4 is 4.74 Å². The largest absolute Gasteiger partial charge is 0.573 e. The SMILES string of the molecule is CCC1CCC(c2ccc(C3=Cc4cc(F)c(OC(F)(F)F)c(F)c4CC3)cc2)CC1. The fourth-order valence-corrected chi connectivity index (χ4v) is 4.87. The Hall–Kier alpha value is -2.37. The van der Waals surface area contributed by atoms with Crippen molar-refractivity contribution >= 4 is 11.6 Å². The number of fused-ring (bicyclic) bond motifs is 1. The molecular formula is C25H25F5O. The first kappa shape index (κ1) is 21.8. The maximum absolute atomic E-state index is 14.5. The highest BCUT2D eigenvalue weighted by atomic mass is 19.4. The zero-order valence-corrected chi connectivity index (χ0v) is 17.4. The molecule has 0 saturated heterocycles. The minimum Gasteiger partial charge on any atom is -0.399 e. The molecule has 0 atom stereocenters. The molecule has 0 heterocycles. The molecule has 0 radical (unpaired) electrons. The minimum atomic E-state index is -5.15. The maximum Gasteiger partial charge on any atom is 0.573 e. The lowest BCUT2D eigenvalue weighted by atomic mass is 9.77. The summed E-state index contributed by atoms with van der Waals surface area (Å²) in [4.78, 5) is 0. The lowest BCUT2D eigenvalue weighted by Crippen LogP contribution is -2.20. The molecule has 0 N–H and O–H groups in total. The topological polar surface area (TPSA) is 9.23 Å². The Morgan fingerprint density at radius 2 is 1.65 bits per heavy atom. The number of alkyl halides is 3. The Morgan fingerprint density at radius 3 is 2.26 bits per heavy atom. The summed E-state index contributed by atoms with van der Waals surface area (Å²) in [6.45, 7) is 2.25. The summed E-state index contributed by atoms with van der Waals surface area (Å²) in [5.74, 6) is -2.60. The molecule has 1 saturated carbocycles. The van der Waals surface area contributed by atoms with Crippen molar-refractivity contribution < 1.29 is 26.7 Å². The van der Waals surface area contributed by atoms with E-state index in [1.807, 2.05) is 12.1 Å². The van der Waals surface area contributed by atoms with Gasteiger partial charge >= 0.3 is 6.36 Å². The van der Waals surface area contributed by atoms with Crippen molar-refractivity contribution in [3.05, 3.63) is 64.2 Å². The van der Waals surface area contributed by atoms with Gasteiger partial charge in [0.1, 0.15) is 0 Å². The normalized spacial score (nSPS) is 21.4. The summed E-state index contributed by atoms with van der Waals surface area (Å²) in [5, 5.41) is 0. The van der Waals surface area contributed by atoms with Crippen LogP contribution in [-0.2, 0) is 6.42 Å². The summed E-state index contributed by atoms with van der Waals surface area (Å²) in [6, 6.07) is 9.24. The van der Waals surface area contributed by atoms with Crippen LogP contribution in [0.25, 0.3) is 11.6 Å². The van der Waals surface area contributed by atoms with Crippen molar-refractivity contribution in [2.45, 2.75) is 64.1 Å². The van der Waals surface area contributed by atoms with E-state index in [-0.39, 0.29) is 17.5 Å². The number of hydrogen-bond donors (Lipinski definition) is 0. The van der Waals surface area contributed by atoms with Crippen LogP contribution in [0.3, 0.4) is 0 Å². The van der Waals surface area contributed by atoms with Gasteiger partial charge in [-0.1, -0.05) is 43.7 Å². The molecule has 0 aromatic heterocycles. The van der Waals surface area contributed by atoms with Gasteiger partial charge in [-0.2, -0.15) is 0 Å². The van der Waals surface area contributed by atoms with Crippen LogP contribution >= 0.6 is 0 Å². The molecule has 166 valence electrons. The van der Waals surface area contributed by atoms with Gasteiger partial charge in [0.05, 0.1) is 0 Å². The predicted octanol–water partition coefficient (Wildman–Crippen LogP) is 8.03. The summed E-state index contributed by atoms with van der Waals surface area (Å²) < 4.78 is 69.5. The van der Waals surface area contributed by atoms with Crippen molar-refractivity contribution in [1.82, 2.24) is 0 Å². The van der Waals surface area contributed by atoms with Gasteiger partial charge in [-0.25, -0.2) is 8.78 Å². The van der Waals surface area contributed by atoms with E-state index in [1.165, 1.54) is 37.7 Å². The summed E-state index contributed by atoms with van der Waals surface area (Å²) in [7, 11) is 0. The van der Waals surface area contributed by atoms with Gasteiger partial charge in [-0.15, -0.1) is 13.2 Å². The van der Waals surface area contributed by atoms with Crippen LogP contribution in [0.5, 0.6) is 5.75 Å². The molecule has 2 aliphatic rings. The first-order chi connectivity index (χ1) is 14.7.